The van der Waals surface area contributed by atoms with E-state index in [9.17, 15) is 4.79 Å². The first kappa shape index (κ1) is 18.1. The van der Waals surface area contributed by atoms with E-state index < -0.39 is 0 Å². The molecule has 3 N–H and O–H groups in total. The summed E-state index contributed by atoms with van der Waals surface area (Å²) in [5.74, 6) is 1.14. The van der Waals surface area contributed by atoms with Crippen molar-refractivity contribution in [1.82, 2.24) is 15.5 Å². The van der Waals surface area contributed by atoms with Gasteiger partial charge >= 0.3 is 0 Å². The molecule has 2 rings (SSSR count). The third-order valence-corrected chi connectivity index (χ3v) is 3.83. The van der Waals surface area contributed by atoms with E-state index in [-0.39, 0.29) is 17.9 Å². The highest BCUT2D eigenvalue weighted by Gasteiger charge is 2.24. The topological polar surface area (TPSA) is 94.0 Å². The number of hydrogen-bond acceptors (Lipinski definition) is 5. The van der Waals surface area contributed by atoms with E-state index >= 15 is 0 Å². The van der Waals surface area contributed by atoms with Crippen molar-refractivity contribution in [3.05, 3.63) is 36.2 Å². The normalized spacial score (nSPS) is 12.3. The Labute approximate surface area is 142 Å². The van der Waals surface area contributed by atoms with E-state index in [1.54, 1.807) is 0 Å². The lowest BCUT2D eigenvalue weighted by atomic mass is 10.0. The zero-order valence-corrected chi connectivity index (χ0v) is 14.4. The number of amides is 1. The second-order valence-corrected chi connectivity index (χ2v) is 6.21. The lowest BCUT2D eigenvalue weighted by molar-refractivity contribution is -0.122. The molecule has 1 aromatic carbocycles. The second-order valence-electron chi connectivity index (χ2n) is 6.21. The molecule has 24 heavy (non-hydrogen) atoms. The van der Waals surface area contributed by atoms with Gasteiger partial charge in [0, 0.05) is 12.0 Å². The molecule has 6 nitrogen and oxygen atoms in total. The van der Waals surface area contributed by atoms with E-state index in [1.807, 2.05) is 44.2 Å². The standard InChI is InChI=1S/C18H26N4O2/c1-13(2)16(20-15(23)11-7-4-8-12-19)18-21-17(22-24-18)14-9-5-3-6-10-14/h3,5-6,9-10,13,16H,4,7-8,11-12,19H2,1-2H3,(H,20,23). The van der Waals surface area contributed by atoms with Crippen LogP contribution in [0.1, 0.15) is 51.5 Å². The SMILES string of the molecule is CC(C)C(NC(=O)CCCCCN)c1nc(-c2ccccc2)no1. The third-order valence-electron chi connectivity index (χ3n) is 3.83. The number of nitrogens with one attached hydrogen (secondary N) is 1. The fraction of sp³-hybridized carbons (Fsp3) is 0.500. The first-order valence-electron chi connectivity index (χ1n) is 8.50. The minimum absolute atomic E-state index is 0.00480. The van der Waals surface area contributed by atoms with Crippen molar-refractivity contribution in [3.8, 4) is 11.4 Å². The molecule has 0 spiro atoms. The number of nitrogens with zero attached hydrogens (tertiary/aromatic N) is 2. The van der Waals surface area contributed by atoms with Gasteiger partial charge in [0.05, 0.1) is 0 Å². The molecule has 1 amide bonds. The molecule has 1 heterocycles. The summed E-state index contributed by atoms with van der Waals surface area (Å²) in [7, 11) is 0. The number of carbonyl (C=O) groups is 1. The molecular formula is C18H26N4O2. The molecule has 0 saturated heterocycles. The smallest absolute Gasteiger partial charge is 0.249 e. The van der Waals surface area contributed by atoms with Crippen molar-refractivity contribution in [2.75, 3.05) is 6.54 Å². The minimum Gasteiger partial charge on any atom is -0.344 e. The molecular weight excluding hydrogens is 304 g/mol. The van der Waals surface area contributed by atoms with Crippen LogP contribution in [-0.4, -0.2) is 22.6 Å². The van der Waals surface area contributed by atoms with Gasteiger partial charge < -0.3 is 15.6 Å². The lowest BCUT2D eigenvalue weighted by Crippen LogP contribution is -2.31. The summed E-state index contributed by atoms with van der Waals surface area (Å²) in [5.41, 5.74) is 6.36. The van der Waals surface area contributed by atoms with Crippen molar-refractivity contribution in [3.63, 3.8) is 0 Å². The molecule has 0 saturated carbocycles. The van der Waals surface area contributed by atoms with Crippen molar-refractivity contribution < 1.29 is 9.32 Å². The largest absolute Gasteiger partial charge is 0.344 e. The Morgan fingerprint density at radius 1 is 1.21 bits per heavy atom. The van der Waals surface area contributed by atoms with Gasteiger partial charge in [-0.3, -0.25) is 4.79 Å². The number of unbranched alkanes of at least 4 members (excludes halogenated alkanes) is 2. The van der Waals surface area contributed by atoms with Crippen molar-refractivity contribution in [1.29, 1.82) is 0 Å². The van der Waals surface area contributed by atoms with Crippen LogP contribution in [0.5, 0.6) is 0 Å². The lowest BCUT2D eigenvalue weighted by Gasteiger charge is -2.18. The summed E-state index contributed by atoms with van der Waals surface area (Å²) >= 11 is 0. The first-order valence-corrected chi connectivity index (χ1v) is 8.50. The number of hydrogen-bond donors (Lipinski definition) is 2. The van der Waals surface area contributed by atoms with Gasteiger partial charge in [-0.15, -0.1) is 0 Å². The van der Waals surface area contributed by atoms with Crippen LogP contribution in [0.4, 0.5) is 0 Å². The molecule has 1 aromatic heterocycles. The molecule has 0 aliphatic heterocycles. The predicted molar refractivity (Wildman–Crippen MR) is 93.0 cm³/mol. The van der Waals surface area contributed by atoms with Gasteiger partial charge in [0.1, 0.15) is 6.04 Å². The van der Waals surface area contributed by atoms with Crippen LogP contribution < -0.4 is 11.1 Å². The average molecular weight is 330 g/mol. The number of carbonyl (C=O) groups excluding carboxylic acids is 1. The van der Waals surface area contributed by atoms with E-state index in [2.05, 4.69) is 15.5 Å². The Morgan fingerprint density at radius 2 is 1.96 bits per heavy atom. The second kappa shape index (κ2) is 9.17. The monoisotopic (exact) mass is 330 g/mol. The quantitative estimate of drug-likeness (QED) is 0.689. The summed E-state index contributed by atoms with van der Waals surface area (Å²) in [4.78, 5) is 16.6. The van der Waals surface area contributed by atoms with E-state index in [4.69, 9.17) is 10.3 Å². The van der Waals surface area contributed by atoms with Gasteiger partial charge in [-0.25, -0.2) is 0 Å². The van der Waals surface area contributed by atoms with Gasteiger partial charge in [0.25, 0.3) is 0 Å². The molecule has 0 radical (unpaired) electrons. The van der Waals surface area contributed by atoms with Crippen molar-refractivity contribution >= 4 is 5.91 Å². The molecule has 1 atom stereocenters. The fourth-order valence-electron chi connectivity index (χ4n) is 2.43. The van der Waals surface area contributed by atoms with Gasteiger partial charge in [0.2, 0.25) is 17.6 Å². The summed E-state index contributed by atoms with van der Waals surface area (Å²) < 4.78 is 5.39. The Kier molecular flexibility index (Phi) is 6.93. The molecule has 130 valence electrons. The maximum Gasteiger partial charge on any atom is 0.249 e. The summed E-state index contributed by atoms with van der Waals surface area (Å²) in [5, 5.41) is 7.04. The zero-order valence-electron chi connectivity index (χ0n) is 14.4. The highest BCUT2D eigenvalue weighted by Crippen LogP contribution is 2.23. The van der Waals surface area contributed by atoms with Crippen molar-refractivity contribution in [2.24, 2.45) is 11.7 Å². The molecule has 0 aliphatic carbocycles. The van der Waals surface area contributed by atoms with Crippen LogP contribution >= 0.6 is 0 Å². The van der Waals surface area contributed by atoms with E-state index in [0.29, 0.717) is 24.7 Å². The van der Waals surface area contributed by atoms with Crippen LogP contribution in [0.2, 0.25) is 0 Å². The number of rotatable bonds is 9. The Hall–Kier alpha value is -2.21. The zero-order chi connectivity index (χ0) is 17.4. The van der Waals surface area contributed by atoms with Gasteiger partial charge in [-0.05, 0) is 25.3 Å². The highest BCUT2D eigenvalue weighted by molar-refractivity contribution is 5.76. The summed E-state index contributed by atoms with van der Waals surface area (Å²) in [6, 6.07) is 9.36. The summed E-state index contributed by atoms with van der Waals surface area (Å²) in [6.07, 6.45) is 3.25. The Morgan fingerprint density at radius 3 is 2.62 bits per heavy atom. The van der Waals surface area contributed by atoms with Gasteiger partial charge in [-0.1, -0.05) is 55.8 Å². The molecule has 0 bridgehead atoms. The molecule has 0 fully saturated rings. The highest BCUT2D eigenvalue weighted by atomic mass is 16.5. The van der Waals surface area contributed by atoms with Gasteiger partial charge in [0.15, 0.2) is 0 Å². The van der Waals surface area contributed by atoms with Crippen LogP contribution in [-0.2, 0) is 4.79 Å². The fourth-order valence-corrected chi connectivity index (χ4v) is 2.43. The first-order chi connectivity index (χ1) is 11.6. The number of aromatic nitrogens is 2. The van der Waals surface area contributed by atoms with Crippen LogP contribution in [0.3, 0.4) is 0 Å². The van der Waals surface area contributed by atoms with Crippen LogP contribution in [0.15, 0.2) is 34.9 Å². The van der Waals surface area contributed by atoms with Crippen molar-refractivity contribution in [2.45, 2.75) is 45.6 Å². The summed E-state index contributed by atoms with van der Waals surface area (Å²) in [6.45, 7) is 4.71. The third kappa shape index (κ3) is 5.16. The van der Waals surface area contributed by atoms with E-state index in [1.165, 1.54) is 0 Å². The Balaban J connectivity index is 2.00. The molecule has 1 unspecified atom stereocenters. The molecule has 6 heteroatoms. The van der Waals surface area contributed by atoms with Crippen LogP contribution in [0.25, 0.3) is 11.4 Å². The number of nitrogens with two attached hydrogens (primary N) is 1. The Bertz CT molecular complexity index is 625. The van der Waals surface area contributed by atoms with Crippen LogP contribution in [0, 0.1) is 5.92 Å². The van der Waals surface area contributed by atoms with E-state index in [0.717, 1.165) is 24.8 Å². The van der Waals surface area contributed by atoms with Gasteiger partial charge in [-0.2, -0.15) is 4.98 Å². The minimum atomic E-state index is -0.281. The number of benzene rings is 1. The molecule has 0 aliphatic rings. The molecule has 2 aromatic rings. The average Bonchev–Trinajstić information content (AvgIpc) is 3.07. The maximum absolute atomic E-state index is 12.1. The predicted octanol–water partition coefficient (Wildman–Crippen LogP) is 3.07. The maximum atomic E-state index is 12.1.